The minimum atomic E-state index is 0.431. The average Bonchev–Trinajstić information content (AvgIpc) is 2.13. The first-order valence-electron chi connectivity index (χ1n) is 5.53. The minimum Gasteiger partial charge on any atom is -0.384 e. The van der Waals surface area contributed by atoms with E-state index in [0.29, 0.717) is 24.5 Å². The molecule has 0 aromatic carbocycles. The molecular weight excluding hydrogens is 176 g/mol. The minimum absolute atomic E-state index is 0.431. The van der Waals surface area contributed by atoms with Crippen molar-refractivity contribution in [2.45, 2.75) is 39.8 Å². The van der Waals surface area contributed by atoms with E-state index in [1.807, 2.05) is 0 Å². The highest BCUT2D eigenvalue weighted by molar-refractivity contribution is 4.79. The zero-order chi connectivity index (χ0) is 11.1. The van der Waals surface area contributed by atoms with E-state index in [2.05, 4.69) is 32.6 Å². The van der Waals surface area contributed by atoms with Crippen LogP contribution >= 0.6 is 0 Å². The molecule has 0 aromatic rings. The van der Waals surface area contributed by atoms with Gasteiger partial charge >= 0.3 is 0 Å². The lowest BCUT2D eigenvalue weighted by molar-refractivity contribution is 0.0709. The van der Waals surface area contributed by atoms with Crippen LogP contribution in [-0.4, -0.2) is 43.8 Å². The molecule has 2 N–H and O–H groups in total. The summed E-state index contributed by atoms with van der Waals surface area (Å²) in [4.78, 5) is 2.43. The maximum atomic E-state index is 5.82. The Labute approximate surface area is 88.6 Å². The van der Waals surface area contributed by atoms with E-state index in [0.717, 1.165) is 13.2 Å². The molecule has 14 heavy (non-hydrogen) atoms. The molecule has 0 aromatic heterocycles. The number of nitrogens with two attached hydrogens (primary N) is 1. The first-order chi connectivity index (χ1) is 6.58. The second kappa shape index (κ2) is 7.21. The number of hydrogen-bond donors (Lipinski definition) is 1. The van der Waals surface area contributed by atoms with Gasteiger partial charge in [0.1, 0.15) is 0 Å². The number of rotatable bonds is 7. The highest BCUT2D eigenvalue weighted by Crippen LogP contribution is 2.13. The summed E-state index contributed by atoms with van der Waals surface area (Å²) in [6, 6.07) is 0.979. The van der Waals surface area contributed by atoms with Crippen molar-refractivity contribution in [3.8, 4) is 0 Å². The summed E-state index contributed by atoms with van der Waals surface area (Å²) in [6.07, 6.45) is 0. The lowest BCUT2D eigenvalue weighted by atomic mass is 10.00. The maximum absolute atomic E-state index is 5.82. The molecule has 0 amide bonds. The fraction of sp³-hybridized carbons (Fsp3) is 1.00. The van der Waals surface area contributed by atoms with Crippen molar-refractivity contribution in [1.29, 1.82) is 0 Å². The SMILES string of the molecule is CCN(C(C)C)C(CN)C(C)COC. The van der Waals surface area contributed by atoms with Gasteiger partial charge in [-0.2, -0.15) is 0 Å². The third-order valence-electron chi connectivity index (χ3n) is 2.78. The Balaban J connectivity index is 4.34. The molecule has 2 unspecified atom stereocenters. The van der Waals surface area contributed by atoms with Gasteiger partial charge in [-0.05, 0) is 26.3 Å². The van der Waals surface area contributed by atoms with E-state index in [1.165, 1.54) is 0 Å². The predicted molar refractivity (Wildman–Crippen MR) is 61.4 cm³/mol. The second-order valence-corrected chi connectivity index (χ2v) is 4.16. The van der Waals surface area contributed by atoms with Crippen molar-refractivity contribution in [3.05, 3.63) is 0 Å². The molecule has 0 aliphatic rings. The van der Waals surface area contributed by atoms with Gasteiger partial charge in [-0.1, -0.05) is 13.8 Å². The highest BCUT2D eigenvalue weighted by atomic mass is 16.5. The average molecular weight is 202 g/mol. The van der Waals surface area contributed by atoms with Crippen molar-refractivity contribution in [3.63, 3.8) is 0 Å². The van der Waals surface area contributed by atoms with Gasteiger partial charge < -0.3 is 10.5 Å². The van der Waals surface area contributed by atoms with Gasteiger partial charge in [0, 0.05) is 25.7 Å². The van der Waals surface area contributed by atoms with Crippen LogP contribution in [0, 0.1) is 5.92 Å². The second-order valence-electron chi connectivity index (χ2n) is 4.16. The predicted octanol–water partition coefficient (Wildman–Crippen LogP) is 1.33. The van der Waals surface area contributed by atoms with Gasteiger partial charge in [0.05, 0.1) is 6.61 Å². The number of ether oxygens (including phenoxy) is 1. The monoisotopic (exact) mass is 202 g/mol. The number of nitrogens with zero attached hydrogens (tertiary/aromatic N) is 1. The first-order valence-corrected chi connectivity index (χ1v) is 5.53. The van der Waals surface area contributed by atoms with Gasteiger partial charge in [0.2, 0.25) is 0 Å². The quantitative estimate of drug-likeness (QED) is 0.677. The van der Waals surface area contributed by atoms with Crippen molar-refractivity contribution < 1.29 is 4.74 Å². The first kappa shape index (κ1) is 13.9. The largest absolute Gasteiger partial charge is 0.384 e. The molecule has 0 bridgehead atoms. The summed E-state index contributed by atoms with van der Waals surface area (Å²) in [5.41, 5.74) is 5.82. The van der Waals surface area contributed by atoms with Crippen LogP contribution in [0.15, 0.2) is 0 Å². The summed E-state index contributed by atoms with van der Waals surface area (Å²) in [5.74, 6) is 0.493. The van der Waals surface area contributed by atoms with E-state index in [-0.39, 0.29) is 0 Å². The van der Waals surface area contributed by atoms with Crippen LogP contribution in [-0.2, 0) is 4.74 Å². The summed E-state index contributed by atoms with van der Waals surface area (Å²) in [7, 11) is 1.75. The third kappa shape index (κ3) is 3.95. The molecule has 0 fully saturated rings. The van der Waals surface area contributed by atoms with Crippen molar-refractivity contribution in [2.75, 3.05) is 26.8 Å². The Morgan fingerprint density at radius 3 is 2.14 bits per heavy atom. The van der Waals surface area contributed by atoms with E-state index in [9.17, 15) is 0 Å². The number of likely N-dealkylation sites (N-methyl/N-ethyl adjacent to an activating group) is 1. The maximum Gasteiger partial charge on any atom is 0.0503 e. The Bertz CT molecular complexity index is 139. The molecule has 0 rings (SSSR count). The van der Waals surface area contributed by atoms with Crippen molar-refractivity contribution >= 4 is 0 Å². The molecule has 0 radical (unpaired) electrons. The van der Waals surface area contributed by atoms with Crippen LogP contribution < -0.4 is 5.73 Å². The third-order valence-corrected chi connectivity index (χ3v) is 2.78. The summed E-state index contributed by atoms with van der Waals surface area (Å²) >= 11 is 0. The van der Waals surface area contributed by atoms with Crippen LogP contribution in [0.3, 0.4) is 0 Å². The molecule has 3 nitrogen and oxygen atoms in total. The molecule has 0 aliphatic heterocycles. The van der Waals surface area contributed by atoms with Gasteiger partial charge in [-0.3, -0.25) is 4.90 Å². The van der Waals surface area contributed by atoms with E-state index < -0.39 is 0 Å². The zero-order valence-electron chi connectivity index (χ0n) is 10.3. The van der Waals surface area contributed by atoms with E-state index >= 15 is 0 Å². The summed E-state index contributed by atoms with van der Waals surface area (Å²) < 4.78 is 5.18. The summed E-state index contributed by atoms with van der Waals surface area (Å²) in [6.45, 7) is 11.3. The van der Waals surface area contributed by atoms with E-state index in [4.69, 9.17) is 10.5 Å². The molecule has 0 heterocycles. The normalized spacial score (nSPS) is 16.3. The highest BCUT2D eigenvalue weighted by Gasteiger charge is 2.23. The van der Waals surface area contributed by atoms with Crippen molar-refractivity contribution in [1.82, 2.24) is 4.90 Å². The van der Waals surface area contributed by atoms with Crippen LogP contribution in [0.5, 0.6) is 0 Å². The number of methoxy groups -OCH3 is 1. The molecule has 2 atom stereocenters. The van der Waals surface area contributed by atoms with Gasteiger partial charge in [-0.25, -0.2) is 0 Å². The van der Waals surface area contributed by atoms with Crippen LogP contribution in [0.25, 0.3) is 0 Å². The summed E-state index contributed by atoms with van der Waals surface area (Å²) in [5, 5.41) is 0. The molecule has 0 saturated heterocycles. The lowest BCUT2D eigenvalue weighted by Crippen LogP contribution is -2.49. The Kier molecular flexibility index (Phi) is 7.15. The van der Waals surface area contributed by atoms with Gasteiger partial charge in [0.15, 0.2) is 0 Å². The molecule has 86 valence electrons. The molecule has 0 spiro atoms. The Morgan fingerprint density at radius 2 is 1.86 bits per heavy atom. The van der Waals surface area contributed by atoms with Crippen molar-refractivity contribution in [2.24, 2.45) is 11.7 Å². The van der Waals surface area contributed by atoms with E-state index in [1.54, 1.807) is 7.11 Å². The van der Waals surface area contributed by atoms with Crippen LogP contribution in [0.1, 0.15) is 27.7 Å². The zero-order valence-corrected chi connectivity index (χ0v) is 10.3. The van der Waals surface area contributed by atoms with Crippen LogP contribution in [0.2, 0.25) is 0 Å². The lowest BCUT2D eigenvalue weighted by Gasteiger charge is -2.36. The smallest absolute Gasteiger partial charge is 0.0503 e. The standard InChI is InChI=1S/C11H26N2O/c1-6-13(9(2)3)11(7-12)10(4)8-14-5/h9-11H,6-8,12H2,1-5H3. The molecule has 0 saturated carbocycles. The Hall–Kier alpha value is -0.120. The molecule has 0 aliphatic carbocycles. The Morgan fingerprint density at radius 1 is 1.29 bits per heavy atom. The van der Waals surface area contributed by atoms with Gasteiger partial charge in [-0.15, -0.1) is 0 Å². The molecule has 3 heteroatoms. The topological polar surface area (TPSA) is 38.5 Å². The van der Waals surface area contributed by atoms with Gasteiger partial charge in [0.25, 0.3) is 0 Å². The fourth-order valence-corrected chi connectivity index (χ4v) is 2.05. The fourth-order valence-electron chi connectivity index (χ4n) is 2.05. The molecular formula is C11H26N2O. The van der Waals surface area contributed by atoms with Crippen LogP contribution in [0.4, 0.5) is 0 Å². The number of hydrogen-bond acceptors (Lipinski definition) is 3.